The van der Waals surface area contributed by atoms with Gasteiger partial charge in [-0.2, -0.15) is 0 Å². The predicted molar refractivity (Wildman–Crippen MR) is 93.7 cm³/mol. The molecule has 23 heavy (non-hydrogen) atoms. The molecule has 0 spiro atoms. The van der Waals surface area contributed by atoms with Crippen LogP contribution in [0.15, 0.2) is 48.5 Å². The van der Waals surface area contributed by atoms with Crippen molar-refractivity contribution in [2.75, 3.05) is 20.8 Å². The monoisotopic (exact) mass is 334 g/mol. The molecule has 2 rings (SSSR count). The standard InChI is InChI=1S/C19H23ClO3/c1-4-23-19(20)13-18(14-5-9-16(21-2)10-6-14)15-7-11-17(22-3)12-8-15/h5-12,18-19H,4,13H2,1-3H3. The molecule has 0 radical (unpaired) electrons. The number of methoxy groups -OCH3 is 2. The summed E-state index contributed by atoms with van der Waals surface area (Å²) in [6, 6.07) is 16.2. The number of benzene rings is 2. The Bertz CT molecular complexity index is 533. The van der Waals surface area contributed by atoms with E-state index < -0.39 is 0 Å². The molecule has 1 atom stereocenters. The Morgan fingerprint density at radius 3 is 1.61 bits per heavy atom. The van der Waals surface area contributed by atoms with Gasteiger partial charge in [0.2, 0.25) is 0 Å². The largest absolute Gasteiger partial charge is 0.497 e. The Kier molecular flexibility index (Phi) is 6.75. The highest BCUT2D eigenvalue weighted by Gasteiger charge is 2.19. The maximum atomic E-state index is 6.32. The molecule has 0 aliphatic heterocycles. The van der Waals surface area contributed by atoms with Crippen LogP contribution in [0.5, 0.6) is 11.5 Å². The van der Waals surface area contributed by atoms with E-state index >= 15 is 0 Å². The summed E-state index contributed by atoms with van der Waals surface area (Å²) in [5.74, 6) is 1.84. The summed E-state index contributed by atoms with van der Waals surface area (Å²) in [6.45, 7) is 2.55. The first-order valence-electron chi connectivity index (χ1n) is 7.71. The van der Waals surface area contributed by atoms with Crippen LogP contribution in [0, 0.1) is 0 Å². The summed E-state index contributed by atoms with van der Waals surface area (Å²) in [4.78, 5) is 0. The van der Waals surface area contributed by atoms with Gasteiger partial charge < -0.3 is 14.2 Å². The zero-order valence-corrected chi connectivity index (χ0v) is 14.5. The number of ether oxygens (including phenoxy) is 3. The minimum absolute atomic E-state index is 0.154. The lowest BCUT2D eigenvalue weighted by molar-refractivity contribution is 0.111. The van der Waals surface area contributed by atoms with Crippen molar-refractivity contribution in [1.82, 2.24) is 0 Å². The molecule has 2 aromatic rings. The molecule has 0 saturated heterocycles. The van der Waals surface area contributed by atoms with E-state index in [1.165, 1.54) is 11.1 Å². The lowest BCUT2D eigenvalue weighted by atomic mass is 9.88. The third-order valence-electron chi connectivity index (χ3n) is 3.80. The number of hydrogen-bond donors (Lipinski definition) is 0. The fraction of sp³-hybridized carbons (Fsp3) is 0.368. The van der Waals surface area contributed by atoms with Crippen LogP contribution in [0.1, 0.15) is 30.4 Å². The molecule has 0 amide bonds. The SMILES string of the molecule is CCOC(Cl)CC(c1ccc(OC)cc1)c1ccc(OC)cc1. The van der Waals surface area contributed by atoms with Gasteiger partial charge in [0.1, 0.15) is 17.1 Å². The van der Waals surface area contributed by atoms with Crippen molar-refractivity contribution in [1.29, 1.82) is 0 Å². The Morgan fingerprint density at radius 2 is 1.26 bits per heavy atom. The van der Waals surface area contributed by atoms with Gasteiger partial charge in [-0.05, 0) is 48.7 Å². The van der Waals surface area contributed by atoms with Gasteiger partial charge in [0.25, 0.3) is 0 Å². The first kappa shape index (κ1) is 17.6. The maximum absolute atomic E-state index is 6.32. The van der Waals surface area contributed by atoms with Gasteiger partial charge >= 0.3 is 0 Å². The average molecular weight is 335 g/mol. The second-order valence-electron chi connectivity index (χ2n) is 5.20. The van der Waals surface area contributed by atoms with Gasteiger partial charge in [0.05, 0.1) is 14.2 Å². The first-order valence-corrected chi connectivity index (χ1v) is 8.15. The van der Waals surface area contributed by atoms with Gasteiger partial charge in [-0.1, -0.05) is 35.9 Å². The van der Waals surface area contributed by atoms with E-state index in [0.29, 0.717) is 13.0 Å². The third kappa shape index (κ3) is 4.88. The Morgan fingerprint density at radius 1 is 0.826 bits per heavy atom. The highest BCUT2D eigenvalue weighted by atomic mass is 35.5. The first-order chi connectivity index (χ1) is 11.2. The van der Waals surface area contributed by atoms with Crippen molar-refractivity contribution in [3.05, 3.63) is 59.7 Å². The van der Waals surface area contributed by atoms with E-state index in [-0.39, 0.29) is 11.5 Å². The Hall–Kier alpha value is -1.71. The zero-order valence-electron chi connectivity index (χ0n) is 13.8. The molecule has 0 aliphatic rings. The lowest BCUT2D eigenvalue weighted by Gasteiger charge is -2.21. The van der Waals surface area contributed by atoms with Crippen molar-refractivity contribution < 1.29 is 14.2 Å². The second kappa shape index (κ2) is 8.80. The topological polar surface area (TPSA) is 27.7 Å². The van der Waals surface area contributed by atoms with Gasteiger partial charge in [0.15, 0.2) is 0 Å². The van der Waals surface area contributed by atoms with E-state index in [1.807, 2.05) is 31.2 Å². The van der Waals surface area contributed by atoms with Crippen molar-refractivity contribution in [2.45, 2.75) is 24.8 Å². The quantitative estimate of drug-likeness (QED) is 0.647. The van der Waals surface area contributed by atoms with E-state index in [9.17, 15) is 0 Å². The summed E-state index contributed by atoms with van der Waals surface area (Å²) < 4.78 is 16.0. The summed E-state index contributed by atoms with van der Waals surface area (Å²) in [6.07, 6.45) is 0.702. The van der Waals surface area contributed by atoms with Crippen LogP contribution in [0.3, 0.4) is 0 Å². The number of alkyl halides is 1. The molecule has 0 heterocycles. The van der Waals surface area contributed by atoms with Crippen molar-refractivity contribution in [2.24, 2.45) is 0 Å². The summed E-state index contributed by atoms with van der Waals surface area (Å²) >= 11 is 6.32. The molecule has 0 bridgehead atoms. The van der Waals surface area contributed by atoms with Crippen molar-refractivity contribution in [3.63, 3.8) is 0 Å². The van der Waals surface area contributed by atoms with E-state index in [4.69, 9.17) is 25.8 Å². The average Bonchev–Trinajstić information content (AvgIpc) is 2.60. The predicted octanol–water partition coefficient (Wildman–Crippen LogP) is 4.83. The van der Waals surface area contributed by atoms with Gasteiger partial charge in [-0.25, -0.2) is 0 Å². The van der Waals surface area contributed by atoms with Crippen LogP contribution in [0.2, 0.25) is 0 Å². The molecular weight excluding hydrogens is 312 g/mol. The third-order valence-corrected chi connectivity index (χ3v) is 4.11. The second-order valence-corrected chi connectivity index (χ2v) is 5.69. The van der Waals surface area contributed by atoms with Gasteiger partial charge in [-0.15, -0.1) is 0 Å². The molecular formula is C19H23ClO3. The molecule has 0 fully saturated rings. The number of halogens is 1. The maximum Gasteiger partial charge on any atom is 0.132 e. The Labute approximate surface area is 143 Å². The summed E-state index contributed by atoms with van der Waals surface area (Å²) in [7, 11) is 3.33. The van der Waals surface area contributed by atoms with Gasteiger partial charge in [0, 0.05) is 12.5 Å². The van der Waals surface area contributed by atoms with Crippen LogP contribution in [0.4, 0.5) is 0 Å². The van der Waals surface area contributed by atoms with Crippen LogP contribution < -0.4 is 9.47 Å². The fourth-order valence-corrected chi connectivity index (χ4v) is 2.88. The minimum Gasteiger partial charge on any atom is -0.497 e. The van der Waals surface area contributed by atoms with Crippen LogP contribution >= 0.6 is 11.6 Å². The minimum atomic E-state index is -0.325. The highest BCUT2D eigenvalue weighted by molar-refractivity contribution is 6.19. The van der Waals surface area contributed by atoms with Crippen LogP contribution in [-0.4, -0.2) is 26.4 Å². The van der Waals surface area contributed by atoms with E-state index in [1.54, 1.807) is 14.2 Å². The molecule has 0 N–H and O–H groups in total. The van der Waals surface area contributed by atoms with Crippen LogP contribution in [-0.2, 0) is 4.74 Å². The molecule has 4 heteroatoms. The molecule has 1 unspecified atom stereocenters. The molecule has 0 aromatic heterocycles. The van der Waals surface area contributed by atoms with Crippen molar-refractivity contribution in [3.8, 4) is 11.5 Å². The normalized spacial score (nSPS) is 12.2. The summed E-state index contributed by atoms with van der Waals surface area (Å²) in [5.41, 5.74) is 2.04. The van der Waals surface area contributed by atoms with Crippen molar-refractivity contribution >= 4 is 11.6 Å². The molecule has 2 aromatic carbocycles. The number of hydrogen-bond acceptors (Lipinski definition) is 3. The fourth-order valence-electron chi connectivity index (χ4n) is 2.57. The van der Waals surface area contributed by atoms with Crippen LogP contribution in [0.25, 0.3) is 0 Å². The van der Waals surface area contributed by atoms with Gasteiger partial charge in [-0.3, -0.25) is 0 Å². The Balaban J connectivity index is 2.28. The lowest BCUT2D eigenvalue weighted by Crippen LogP contribution is -2.12. The zero-order chi connectivity index (χ0) is 16.7. The molecule has 124 valence electrons. The van der Waals surface area contributed by atoms with E-state index in [0.717, 1.165) is 11.5 Å². The smallest absolute Gasteiger partial charge is 0.132 e. The van der Waals surface area contributed by atoms with E-state index in [2.05, 4.69) is 24.3 Å². The summed E-state index contributed by atoms with van der Waals surface area (Å²) in [5, 5.41) is 0. The molecule has 3 nitrogen and oxygen atoms in total. The molecule has 0 aliphatic carbocycles. The number of rotatable bonds is 8. The molecule has 0 saturated carbocycles. The highest BCUT2D eigenvalue weighted by Crippen LogP contribution is 2.33.